The Labute approximate surface area is 126 Å². The highest BCUT2D eigenvalue weighted by atomic mass is 16.5. The van der Waals surface area contributed by atoms with Crippen LogP contribution in [-0.2, 0) is 4.74 Å². The zero-order valence-electron chi connectivity index (χ0n) is 12.6. The van der Waals surface area contributed by atoms with Gasteiger partial charge in [-0.05, 0) is 30.7 Å². The fraction of sp³-hybridized carbons (Fsp3) is 0.562. The molecule has 1 fully saturated rings. The van der Waals surface area contributed by atoms with Gasteiger partial charge in [-0.2, -0.15) is 0 Å². The van der Waals surface area contributed by atoms with E-state index in [1.165, 1.54) is 0 Å². The molecule has 21 heavy (non-hydrogen) atoms. The number of carbonyl (C=O) groups excluding carboxylic acids is 1. The van der Waals surface area contributed by atoms with Crippen molar-refractivity contribution in [3.63, 3.8) is 0 Å². The van der Waals surface area contributed by atoms with Gasteiger partial charge in [0, 0.05) is 25.2 Å². The van der Waals surface area contributed by atoms with Crippen molar-refractivity contribution in [1.29, 1.82) is 0 Å². The number of nitrogens with two attached hydrogens (primary N) is 1. The maximum absolute atomic E-state index is 12.4. The number of hydrogen-bond donors (Lipinski definition) is 1. The number of morpholine rings is 1. The van der Waals surface area contributed by atoms with Gasteiger partial charge in [-0.3, -0.25) is 4.79 Å². The van der Waals surface area contributed by atoms with E-state index in [9.17, 15) is 4.79 Å². The van der Waals surface area contributed by atoms with Gasteiger partial charge in [0.25, 0.3) is 5.91 Å². The van der Waals surface area contributed by atoms with Crippen molar-refractivity contribution in [3.8, 4) is 5.75 Å². The first-order valence-corrected chi connectivity index (χ1v) is 7.58. The van der Waals surface area contributed by atoms with E-state index in [0.717, 1.165) is 18.6 Å². The summed E-state index contributed by atoms with van der Waals surface area (Å²) in [5.74, 6) is 0.832. The highest BCUT2D eigenvalue weighted by molar-refractivity contribution is 5.94. The molecule has 1 unspecified atom stereocenters. The Kier molecular flexibility index (Phi) is 6.02. The van der Waals surface area contributed by atoms with E-state index >= 15 is 0 Å². The molecule has 0 radical (unpaired) electrons. The van der Waals surface area contributed by atoms with Gasteiger partial charge < -0.3 is 20.1 Å². The molecule has 2 N–H and O–H groups in total. The van der Waals surface area contributed by atoms with Crippen LogP contribution in [0.1, 0.15) is 30.1 Å². The van der Waals surface area contributed by atoms with Crippen LogP contribution in [0.5, 0.6) is 5.75 Å². The molecular formula is C16H24N2O3. The van der Waals surface area contributed by atoms with E-state index in [1.54, 1.807) is 4.90 Å². The monoisotopic (exact) mass is 292 g/mol. The maximum Gasteiger partial charge on any atom is 0.254 e. The summed E-state index contributed by atoms with van der Waals surface area (Å²) in [5.41, 5.74) is 6.28. The van der Waals surface area contributed by atoms with E-state index in [1.807, 2.05) is 24.3 Å². The molecule has 1 amide bonds. The highest BCUT2D eigenvalue weighted by Gasteiger charge is 2.24. The van der Waals surface area contributed by atoms with Crippen LogP contribution < -0.4 is 10.5 Å². The predicted molar refractivity (Wildman–Crippen MR) is 81.5 cm³/mol. The summed E-state index contributed by atoms with van der Waals surface area (Å²) in [6.07, 6.45) is 2.09. The number of benzene rings is 1. The van der Waals surface area contributed by atoms with Gasteiger partial charge in [0.2, 0.25) is 0 Å². The van der Waals surface area contributed by atoms with Gasteiger partial charge in [-0.25, -0.2) is 0 Å². The third-order valence-electron chi connectivity index (χ3n) is 3.56. The normalized spacial score (nSPS) is 18.6. The van der Waals surface area contributed by atoms with Crippen LogP contribution in [0.4, 0.5) is 0 Å². The zero-order valence-corrected chi connectivity index (χ0v) is 12.6. The number of rotatable bonds is 6. The Morgan fingerprint density at radius 1 is 1.43 bits per heavy atom. The molecular weight excluding hydrogens is 268 g/mol. The molecule has 0 saturated carbocycles. The summed E-state index contributed by atoms with van der Waals surface area (Å²) in [5, 5.41) is 0. The lowest BCUT2D eigenvalue weighted by atomic mass is 10.1. The van der Waals surface area contributed by atoms with Crippen LogP contribution in [-0.4, -0.2) is 49.8 Å². The van der Waals surface area contributed by atoms with E-state index in [-0.39, 0.29) is 12.0 Å². The van der Waals surface area contributed by atoms with E-state index in [4.69, 9.17) is 15.2 Å². The number of hydrogen-bond acceptors (Lipinski definition) is 4. The molecule has 116 valence electrons. The molecule has 1 aromatic carbocycles. The Balaban J connectivity index is 1.93. The smallest absolute Gasteiger partial charge is 0.254 e. The average molecular weight is 292 g/mol. The third-order valence-corrected chi connectivity index (χ3v) is 3.56. The molecule has 1 atom stereocenters. The molecule has 0 spiro atoms. The van der Waals surface area contributed by atoms with Crippen LogP contribution in [0.2, 0.25) is 0 Å². The molecule has 1 aliphatic rings. The minimum atomic E-state index is -0.0562. The molecule has 0 bridgehead atoms. The van der Waals surface area contributed by atoms with Crippen LogP contribution in [0.3, 0.4) is 0 Å². The molecule has 1 aromatic rings. The lowest BCUT2D eigenvalue weighted by molar-refractivity contribution is -0.0167. The first-order valence-electron chi connectivity index (χ1n) is 7.58. The Morgan fingerprint density at radius 2 is 2.19 bits per heavy atom. The number of amides is 1. The summed E-state index contributed by atoms with van der Waals surface area (Å²) in [7, 11) is 0. The second-order valence-electron chi connectivity index (χ2n) is 5.21. The standard InChI is InChI=1S/C16H24N2O3/c1-2-3-9-20-14-6-4-13(5-7-14)16(19)18-8-10-21-15(11-17)12-18/h4-7,15H,2-3,8-12,17H2,1H3. The molecule has 5 nitrogen and oxygen atoms in total. The SMILES string of the molecule is CCCCOc1ccc(C(=O)N2CCOC(CN)C2)cc1. The molecule has 0 aromatic heterocycles. The van der Waals surface area contributed by atoms with Crippen LogP contribution in [0.25, 0.3) is 0 Å². The fourth-order valence-corrected chi connectivity index (χ4v) is 2.26. The molecule has 0 aliphatic carbocycles. The highest BCUT2D eigenvalue weighted by Crippen LogP contribution is 2.15. The molecule has 1 saturated heterocycles. The van der Waals surface area contributed by atoms with Gasteiger partial charge in [-0.1, -0.05) is 13.3 Å². The average Bonchev–Trinajstić information content (AvgIpc) is 2.55. The summed E-state index contributed by atoms with van der Waals surface area (Å²) in [6.45, 7) is 5.00. The van der Waals surface area contributed by atoms with Crippen molar-refractivity contribution < 1.29 is 14.3 Å². The molecule has 1 heterocycles. The minimum Gasteiger partial charge on any atom is -0.494 e. The summed E-state index contributed by atoms with van der Waals surface area (Å²) < 4.78 is 11.1. The van der Waals surface area contributed by atoms with E-state index < -0.39 is 0 Å². The largest absolute Gasteiger partial charge is 0.494 e. The first kappa shape index (κ1) is 15.8. The number of nitrogens with zero attached hydrogens (tertiary/aromatic N) is 1. The number of ether oxygens (including phenoxy) is 2. The van der Waals surface area contributed by atoms with Crippen LogP contribution in [0, 0.1) is 0 Å². The van der Waals surface area contributed by atoms with Gasteiger partial charge in [0.1, 0.15) is 5.75 Å². The number of unbranched alkanes of at least 4 members (excludes halogenated alkanes) is 1. The molecule has 5 heteroatoms. The lowest BCUT2D eigenvalue weighted by Gasteiger charge is -2.32. The first-order chi connectivity index (χ1) is 10.2. The number of carbonyl (C=O) groups is 1. The van der Waals surface area contributed by atoms with E-state index in [2.05, 4.69) is 6.92 Å². The summed E-state index contributed by atoms with van der Waals surface area (Å²) in [6, 6.07) is 7.33. The molecule has 2 rings (SSSR count). The Morgan fingerprint density at radius 3 is 2.86 bits per heavy atom. The minimum absolute atomic E-state index is 0.0249. The quantitative estimate of drug-likeness (QED) is 0.810. The third kappa shape index (κ3) is 4.44. The Hall–Kier alpha value is -1.59. The van der Waals surface area contributed by atoms with Crippen molar-refractivity contribution in [2.24, 2.45) is 5.73 Å². The van der Waals surface area contributed by atoms with Crippen LogP contribution in [0.15, 0.2) is 24.3 Å². The second-order valence-corrected chi connectivity index (χ2v) is 5.21. The van der Waals surface area contributed by atoms with Gasteiger partial charge in [0.15, 0.2) is 0 Å². The summed E-state index contributed by atoms with van der Waals surface area (Å²) in [4.78, 5) is 14.2. The van der Waals surface area contributed by atoms with Crippen molar-refractivity contribution in [3.05, 3.63) is 29.8 Å². The molecule has 1 aliphatic heterocycles. The van der Waals surface area contributed by atoms with Crippen LogP contribution >= 0.6 is 0 Å². The van der Waals surface area contributed by atoms with Gasteiger partial charge in [-0.15, -0.1) is 0 Å². The van der Waals surface area contributed by atoms with Crippen molar-refractivity contribution in [1.82, 2.24) is 4.90 Å². The van der Waals surface area contributed by atoms with Crippen molar-refractivity contribution >= 4 is 5.91 Å². The topological polar surface area (TPSA) is 64.8 Å². The maximum atomic E-state index is 12.4. The Bertz CT molecular complexity index is 447. The van der Waals surface area contributed by atoms with Crippen molar-refractivity contribution in [2.75, 3.05) is 32.8 Å². The zero-order chi connectivity index (χ0) is 15.1. The van der Waals surface area contributed by atoms with E-state index in [0.29, 0.717) is 38.4 Å². The van der Waals surface area contributed by atoms with Gasteiger partial charge in [0.05, 0.1) is 19.3 Å². The van der Waals surface area contributed by atoms with Crippen molar-refractivity contribution in [2.45, 2.75) is 25.9 Å². The fourth-order valence-electron chi connectivity index (χ4n) is 2.26. The van der Waals surface area contributed by atoms with Gasteiger partial charge >= 0.3 is 0 Å². The predicted octanol–water partition coefficient (Wildman–Crippen LogP) is 1.67. The lowest BCUT2D eigenvalue weighted by Crippen LogP contribution is -2.48. The summed E-state index contributed by atoms with van der Waals surface area (Å²) >= 11 is 0. The second kappa shape index (κ2) is 8.00.